The molecule has 0 saturated carbocycles. The SMILES string of the molecule is Cc1ccc2snc(C(=O)N(CCN)Cc3ccccc3)c2c1.Cl. The molecule has 0 spiro atoms. The molecule has 0 fully saturated rings. The highest BCUT2D eigenvalue weighted by Crippen LogP contribution is 2.25. The lowest BCUT2D eigenvalue weighted by Crippen LogP contribution is -2.35. The van der Waals surface area contributed by atoms with Gasteiger partial charge in [0, 0.05) is 25.0 Å². The molecule has 4 nitrogen and oxygen atoms in total. The predicted octanol–water partition coefficient (Wildman–Crippen LogP) is 3.63. The molecule has 24 heavy (non-hydrogen) atoms. The minimum atomic E-state index is -0.0591. The Kier molecular flexibility index (Phi) is 6.31. The van der Waals surface area contributed by atoms with Crippen LogP contribution in [-0.4, -0.2) is 28.3 Å². The van der Waals surface area contributed by atoms with Gasteiger partial charge in [-0.3, -0.25) is 4.79 Å². The van der Waals surface area contributed by atoms with E-state index < -0.39 is 0 Å². The van der Waals surface area contributed by atoms with Crippen LogP contribution in [-0.2, 0) is 6.54 Å². The molecule has 0 atom stereocenters. The molecule has 1 heterocycles. The molecule has 0 radical (unpaired) electrons. The van der Waals surface area contributed by atoms with Crippen LogP contribution in [0.4, 0.5) is 0 Å². The van der Waals surface area contributed by atoms with Crippen molar-refractivity contribution in [1.82, 2.24) is 9.27 Å². The van der Waals surface area contributed by atoms with Gasteiger partial charge in [0.05, 0.1) is 4.70 Å². The number of nitrogens with two attached hydrogens (primary N) is 1. The van der Waals surface area contributed by atoms with Crippen LogP contribution < -0.4 is 5.73 Å². The zero-order valence-corrected chi connectivity index (χ0v) is 15.1. The smallest absolute Gasteiger partial charge is 0.274 e. The zero-order chi connectivity index (χ0) is 16.2. The molecule has 3 aromatic rings. The molecule has 3 rings (SSSR count). The summed E-state index contributed by atoms with van der Waals surface area (Å²) >= 11 is 1.36. The third-order valence-electron chi connectivity index (χ3n) is 3.73. The maximum Gasteiger partial charge on any atom is 0.274 e. The van der Waals surface area contributed by atoms with Gasteiger partial charge in [0.15, 0.2) is 0 Å². The molecule has 0 bridgehead atoms. The average Bonchev–Trinajstić information content (AvgIpc) is 2.97. The largest absolute Gasteiger partial charge is 0.332 e. The first-order valence-corrected chi connectivity index (χ1v) is 8.35. The first kappa shape index (κ1) is 18.4. The number of aromatic nitrogens is 1. The Morgan fingerprint density at radius 3 is 2.67 bits per heavy atom. The normalized spacial score (nSPS) is 10.4. The van der Waals surface area contributed by atoms with Crippen molar-refractivity contribution in [2.75, 3.05) is 13.1 Å². The van der Waals surface area contributed by atoms with Gasteiger partial charge in [-0.1, -0.05) is 42.0 Å². The minimum Gasteiger partial charge on any atom is -0.332 e. The Labute approximate surface area is 151 Å². The molecule has 2 N–H and O–H groups in total. The van der Waals surface area contributed by atoms with Crippen molar-refractivity contribution in [2.45, 2.75) is 13.5 Å². The average molecular weight is 362 g/mol. The number of benzene rings is 2. The van der Waals surface area contributed by atoms with Crippen molar-refractivity contribution in [1.29, 1.82) is 0 Å². The fraction of sp³-hybridized carbons (Fsp3) is 0.222. The van der Waals surface area contributed by atoms with E-state index in [4.69, 9.17) is 5.73 Å². The molecular weight excluding hydrogens is 342 g/mol. The molecule has 0 aliphatic rings. The Balaban J connectivity index is 0.00000208. The number of carbonyl (C=O) groups excluding carboxylic acids is 1. The summed E-state index contributed by atoms with van der Waals surface area (Å²) in [5.74, 6) is -0.0591. The topological polar surface area (TPSA) is 59.2 Å². The molecule has 0 saturated heterocycles. The standard InChI is InChI=1S/C18H19N3OS.ClH/c1-13-7-8-16-15(11-13)17(20-23-16)18(22)21(10-9-19)12-14-5-3-2-4-6-14;/h2-8,11H,9-10,12,19H2,1H3;1H. The molecule has 126 valence electrons. The van der Waals surface area contributed by atoms with Crippen molar-refractivity contribution in [2.24, 2.45) is 5.73 Å². The van der Waals surface area contributed by atoms with Gasteiger partial charge in [0.1, 0.15) is 5.69 Å². The zero-order valence-electron chi connectivity index (χ0n) is 13.4. The molecule has 2 aromatic carbocycles. The molecule has 1 amide bonds. The summed E-state index contributed by atoms with van der Waals surface area (Å²) in [6.45, 7) is 3.51. The first-order valence-electron chi connectivity index (χ1n) is 7.58. The van der Waals surface area contributed by atoms with E-state index in [9.17, 15) is 4.79 Å². The van der Waals surface area contributed by atoms with Crippen LogP contribution in [0.5, 0.6) is 0 Å². The van der Waals surface area contributed by atoms with E-state index in [0.29, 0.717) is 25.3 Å². The lowest BCUT2D eigenvalue weighted by Gasteiger charge is -2.21. The molecule has 6 heteroatoms. The molecular formula is C18H20ClN3OS. The van der Waals surface area contributed by atoms with E-state index in [1.807, 2.05) is 55.5 Å². The fourth-order valence-corrected chi connectivity index (χ4v) is 3.32. The molecule has 1 aromatic heterocycles. The van der Waals surface area contributed by atoms with Crippen LogP contribution in [0, 0.1) is 6.92 Å². The van der Waals surface area contributed by atoms with Crippen molar-refractivity contribution in [3.63, 3.8) is 0 Å². The highest BCUT2D eigenvalue weighted by atomic mass is 35.5. The van der Waals surface area contributed by atoms with E-state index in [2.05, 4.69) is 4.37 Å². The number of halogens is 1. The van der Waals surface area contributed by atoms with Crippen LogP contribution in [0.3, 0.4) is 0 Å². The highest BCUT2D eigenvalue weighted by molar-refractivity contribution is 7.13. The van der Waals surface area contributed by atoms with Crippen molar-refractivity contribution in [3.05, 3.63) is 65.4 Å². The number of hydrogen-bond donors (Lipinski definition) is 1. The summed E-state index contributed by atoms with van der Waals surface area (Å²) in [5.41, 5.74) is 8.44. The quantitative estimate of drug-likeness (QED) is 0.754. The summed E-state index contributed by atoms with van der Waals surface area (Å²) in [5, 5.41) is 0.926. The van der Waals surface area contributed by atoms with Crippen LogP contribution in [0.15, 0.2) is 48.5 Å². The number of rotatable bonds is 5. The second-order valence-corrected chi connectivity index (χ2v) is 6.34. The number of nitrogens with zero attached hydrogens (tertiary/aromatic N) is 2. The number of amides is 1. The van der Waals surface area contributed by atoms with Gasteiger partial charge in [0.2, 0.25) is 0 Å². The van der Waals surface area contributed by atoms with E-state index in [1.165, 1.54) is 11.5 Å². The molecule has 0 aliphatic carbocycles. The number of carbonyl (C=O) groups is 1. The van der Waals surface area contributed by atoms with Crippen LogP contribution in [0.25, 0.3) is 10.1 Å². The van der Waals surface area contributed by atoms with Gasteiger partial charge in [0.25, 0.3) is 5.91 Å². The van der Waals surface area contributed by atoms with Crippen LogP contribution in [0.2, 0.25) is 0 Å². The molecule has 0 aliphatic heterocycles. The first-order chi connectivity index (χ1) is 11.2. The number of aryl methyl sites for hydroxylation is 1. The van der Waals surface area contributed by atoms with E-state index in [-0.39, 0.29) is 18.3 Å². The molecule has 0 unspecified atom stereocenters. The van der Waals surface area contributed by atoms with Gasteiger partial charge in [-0.25, -0.2) is 0 Å². The number of fused-ring (bicyclic) bond motifs is 1. The van der Waals surface area contributed by atoms with Gasteiger partial charge >= 0.3 is 0 Å². The third-order valence-corrected chi connectivity index (χ3v) is 4.56. The second kappa shape index (κ2) is 8.24. The Morgan fingerprint density at radius 1 is 1.21 bits per heavy atom. The minimum absolute atomic E-state index is 0. The lowest BCUT2D eigenvalue weighted by molar-refractivity contribution is 0.0745. The Bertz CT molecular complexity index is 820. The summed E-state index contributed by atoms with van der Waals surface area (Å²) in [4.78, 5) is 14.7. The summed E-state index contributed by atoms with van der Waals surface area (Å²) in [6.07, 6.45) is 0. The monoisotopic (exact) mass is 361 g/mol. The summed E-state index contributed by atoms with van der Waals surface area (Å²) in [6, 6.07) is 16.0. The maximum absolute atomic E-state index is 12.9. The summed E-state index contributed by atoms with van der Waals surface area (Å²) in [7, 11) is 0. The van der Waals surface area contributed by atoms with Gasteiger partial charge < -0.3 is 10.6 Å². The van der Waals surface area contributed by atoms with Crippen molar-refractivity contribution < 1.29 is 4.79 Å². The Morgan fingerprint density at radius 2 is 1.96 bits per heavy atom. The third kappa shape index (κ3) is 3.93. The maximum atomic E-state index is 12.9. The van der Waals surface area contributed by atoms with Crippen molar-refractivity contribution >= 4 is 39.9 Å². The summed E-state index contributed by atoms with van der Waals surface area (Å²) < 4.78 is 5.42. The Hall–Kier alpha value is -1.95. The van der Waals surface area contributed by atoms with Gasteiger partial charge in [-0.05, 0) is 36.2 Å². The van der Waals surface area contributed by atoms with E-state index in [0.717, 1.165) is 21.2 Å². The predicted molar refractivity (Wildman–Crippen MR) is 102 cm³/mol. The number of hydrogen-bond acceptors (Lipinski definition) is 4. The van der Waals surface area contributed by atoms with Gasteiger partial charge in [-0.15, -0.1) is 12.4 Å². The van der Waals surface area contributed by atoms with E-state index in [1.54, 1.807) is 4.90 Å². The van der Waals surface area contributed by atoms with Crippen LogP contribution in [0.1, 0.15) is 21.6 Å². The fourth-order valence-electron chi connectivity index (χ4n) is 2.57. The van der Waals surface area contributed by atoms with Gasteiger partial charge in [-0.2, -0.15) is 4.37 Å². The van der Waals surface area contributed by atoms with Crippen molar-refractivity contribution in [3.8, 4) is 0 Å². The highest BCUT2D eigenvalue weighted by Gasteiger charge is 2.21. The second-order valence-electron chi connectivity index (χ2n) is 5.53. The van der Waals surface area contributed by atoms with E-state index >= 15 is 0 Å². The van der Waals surface area contributed by atoms with Crippen LogP contribution >= 0.6 is 23.9 Å². The lowest BCUT2D eigenvalue weighted by atomic mass is 10.1.